The third kappa shape index (κ3) is 8.60. The first-order valence-electron chi connectivity index (χ1n) is 12.5. The Morgan fingerprint density at radius 1 is 0.906 bits per heavy atom. The molecule has 0 unspecified atom stereocenters. The van der Waals surface area contributed by atoms with Crippen LogP contribution in [-0.2, 0) is 4.79 Å². The van der Waals surface area contributed by atoms with E-state index in [1.54, 1.807) is 12.4 Å². The van der Waals surface area contributed by atoms with Gasteiger partial charge in [0, 0.05) is 12.0 Å². The lowest BCUT2D eigenvalue weighted by molar-refractivity contribution is -0.134. The van der Waals surface area contributed by atoms with E-state index in [0.29, 0.717) is 23.9 Å². The minimum atomic E-state index is -0.196. The number of hydrogen-bond donors (Lipinski definition) is 0. The number of nitrogens with zero attached hydrogens (tertiary/aromatic N) is 2. The number of aromatic nitrogens is 2. The number of esters is 1. The summed E-state index contributed by atoms with van der Waals surface area (Å²) in [6.07, 6.45) is 18.5. The van der Waals surface area contributed by atoms with Crippen LogP contribution >= 0.6 is 0 Å². The number of ether oxygens (including phenoxy) is 2. The Balaban J connectivity index is 1.38. The van der Waals surface area contributed by atoms with Crippen LogP contribution < -0.4 is 9.47 Å². The molecule has 0 bridgehead atoms. The van der Waals surface area contributed by atoms with Gasteiger partial charge in [-0.3, -0.25) is 4.79 Å². The molecule has 0 aliphatic heterocycles. The quantitative estimate of drug-likeness (QED) is 0.245. The van der Waals surface area contributed by atoms with Crippen molar-refractivity contribution in [3.05, 3.63) is 36.7 Å². The molecule has 1 aliphatic rings. The zero-order valence-electron chi connectivity index (χ0n) is 19.6. The summed E-state index contributed by atoms with van der Waals surface area (Å²) in [5.41, 5.74) is 0.909. The standard InChI is InChI=1S/C27H38N2O3/c1-2-3-4-5-6-10-19-31-24-16-14-23(15-17-24)27-28-20-25(21-29-27)32-26(30)18-13-22-11-8-7-9-12-22/h14-17,20-22H,2-13,18-19H2,1H3. The van der Waals surface area contributed by atoms with E-state index in [-0.39, 0.29) is 5.97 Å². The monoisotopic (exact) mass is 438 g/mol. The lowest BCUT2D eigenvalue weighted by Crippen LogP contribution is -2.13. The van der Waals surface area contributed by atoms with Gasteiger partial charge in [0.05, 0.1) is 19.0 Å². The van der Waals surface area contributed by atoms with E-state index in [1.807, 2.05) is 24.3 Å². The molecule has 1 aromatic heterocycles. The predicted octanol–water partition coefficient (Wildman–Crippen LogP) is 7.15. The highest BCUT2D eigenvalue weighted by atomic mass is 16.5. The first-order chi connectivity index (χ1) is 15.7. The van der Waals surface area contributed by atoms with E-state index in [9.17, 15) is 4.79 Å². The number of benzene rings is 1. The molecular weight excluding hydrogens is 400 g/mol. The Hall–Kier alpha value is -2.43. The summed E-state index contributed by atoms with van der Waals surface area (Å²) < 4.78 is 11.3. The van der Waals surface area contributed by atoms with Crippen LogP contribution in [0.4, 0.5) is 0 Å². The van der Waals surface area contributed by atoms with Crippen molar-refractivity contribution in [2.45, 2.75) is 90.4 Å². The SMILES string of the molecule is CCCCCCCCOc1ccc(-c2ncc(OC(=O)CCC3CCCCC3)cn2)cc1. The largest absolute Gasteiger partial charge is 0.494 e. The number of unbranched alkanes of at least 4 members (excludes halogenated alkanes) is 5. The van der Waals surface area contributed by atoms with Crippen molar-refractivity contribution in [3.63, 3.8) is 0 Å². The maximum Gasteiger partial charge on any atom is 0.311 e. The Morgan fingerprint density at radius 3 is 2.31 bits per heavy atom. The summed E-state index contributed by atoms with van der Waals surface area (Å²) in [6.45, 7) is 2.99. The number of carbonyl (C=O) groups is 1. The molecule has 0 spiro atoms. The van der Waals surface area contributed by atoms with Crippen LogP contribution in [0.1, 0.15) is 90.4 Å². The molecule has 0 saturated heterocycles. The molecule has 5 heteroatoms. The molecule has 2 aromatic rings. The Morgan fingerprint density at radius 2 is 1.59 bits per heavy atom. The van der Waals surface area contributed by atoms with Crippen LogP contribution in [0.3, 0.4) is 0 Å². The third-order valence-corrected chi connectivity index (χ3v) is 6.22. The van der Waals surface area contributed by atoms with E-state index in [1.165, 1.54) is 64.2 Å². The van der Waals surface area contributed by atoms with E-state index >= 15 is 0 Å². The maximum absolute atomic E-state index is 12.1. The minimum Gasteiger partial charge on any atom is -0.494 e. The minimum absolute atomic E-state index is 0.196. The first kappa shape index (κ1) is 24.2. The van der Waals surface area contributed by atoms with Gasteiger partial charge in [-0.15, -0.1) is 0 Å². The third-order valence-electron chi connectivity index (χ3n) is 6.22. The van der Waals surface area contributed by atoms with Crippen LogP contribution in [0.2, 0.25) is 0 Å². The molecule has 1 heterocycles. The molecule has 0 radical (unpaired) electrons. The molecule has 3 rings (SSSR count). The molecule has 1 aromatic carbocycles. The average Bonchev–Trinajstić information content (AvgIpc) is 2.84. The lowest BCUT2D eigenvalue weighted by Gasteiger charge is -2.20. The lowest BCUT2D eigenvalue weighted by atomic mass is 9.86. The average molecular weight is 439 g/mol. The van der Waals surface area contributed by atoms with Crippen molar-refractivity contribution in [2.24, 2.45) is 5.92 Å². The predicted molar refractivity (Wildman–Crippen MR) is 128 cm³/mol. The highest BCUT2D eigenvalue weighted by Gasteiger charge is 2.16. The normalized spacial score (nSPS) is 14.3. The molecule has 1 aliphatic carbocycles. The molecule has 0 amide bonds. The van der Waals surface area contributed by atoms with Gasteiger partial charge in [0.15, 0.2) is 11.6 Å². The fourth-order valence-electron chi connectivity index (χ4n) is 4.27. The fourth-order valence-corrected chi connectivity index (χ4v) is 4.27. The maximum atomic E-state index is 12.1. The van der Waals surface area contributed by atoms with Crippen molar-refractivity contribution < 1.29 is 14.3 Å². The second kappa shape index (κ2) is 13.9. The van der Waals surface area contributed by atoms with Crippen LogP contribution in [0.25, 0.3) is 11.4 Å². The molecule has 0 N–H and O–H groups in total. The molecular formula is C27H38N2O3. The van der Waals surface area contributed by atoms with E-state index < -0.39 is 0 Å². The van der Waals surface area contributed by atoms with Crippen molar-refractivity contribution in [1.29, 1.82) is 0 Å². The summed E-state index contributed by atoms with van der Waals surface area (Å²) in [6, 6.07) is 7.83. The molecule has 0 atom stereocenters. The van der Waals surface area contributed by atoms with Gasteiger partial charge in [-0.05, 0) is 43.0 Å². The fraction of sp³-hybridized carbons (Fsp3) is 0.593. The molecule has 1 saturated carbocycles. The Kier molecular flexibility index (Phi) is 10.5. The highest BCUT2D eigenvalue weighted by molar-refractivity contribution is 5.72. The van der Waals surface area contributed by atoms with E-state index in [4.69, 9.17) is 9.47 Å². The van der Waals surface area contributed by atoms with Gasteiger partial charge in [-0.25, -0.2) is 9.97 Å². The van der Waals surface area contributed by atoms with Gasteiger partial charge in [0.1, 0.15) is 5.75 Å². The van der Waals surface area contributed by atoms with Gasteiger partial charge < -0.3 is 9.47 Å². The number of hydrogen-bond acceptors (Lipinski definition) is 5. The van der Waals surface area contributed by atoms with Crippen LogP contribution in [-0.4, -0.2) is 22.5 Å². The second-order valence-corrected chi connectivity index (χ2v) is 8.90. The van der Waals surface area contributed by atoms with Crippen molar-refractivity contribution in [3.8, 4) is 22.9 Å². The second-order valence-electron chi connectivity index (χ2n) is 8.90. The summed E-state index contributed by atoms with van der Waals surface area (Å²) in [5, 5.41) is 0. The zero-order valence-corrected chi connectivity index (χ0v) is 19.6. The molecule has 1 fully saturated rings. The summed E-state index contributed by atoms with van der Waals surface area (Å²) in [4.78, 5) is 20.9. The smallest absolute Gasteiger partial charge is 0.311 e. The van der Waals surface area contributed by atoms with Crippen LogP contribution in [0.5, 0.6) is 11.5 Å². The molecule has 32 heavy (non-hydrogen) atoms. The molecule has 174 valence electrons. The summed E-state index contributed by atoms with van der Waals surface area (Å²) in [7, 11) is 0. The van der Waals surface area contributed by atoms with Gasteiger partial charge in [-0.2, -0.15) is 0 Å². The first-order valence-corrected chi connectivity index (χ1v) is 12.5. The van der Waals surface area contributed by atoms with Gasteiger partial charge in [0.2, 0.25) is 0 Å². The Bertz CT molecular complexity index is 784. The number of carbonyl (C=O) groups excluding carboxylic acids is 1. The van der Waals surface area contributed by atoms with Crippen LogP contribution in [0, 0.1) is 5.92 Å². The zero-order chi connectivity index (χ0) is 22.4. The summed E-state index contributed by atoms with van der Waals surface area (Å²) >= 11 is 0. The highest BCUT2D eigenvalue weighted by Crippen LogP contribution is 2.27. The van der Waals surface area contributed by atoms with Crippen molar-refractivity contribution >= 4 is 5.97 Å². The van der Waals surface area contributed by atoms with Gasteiger partial charge in [-0.1, -0.05) is 71.1 Å². The topological polar surface area (TPSA) is 61.3 Å². The van der Waals surface area contributed by atoms with Crippen LogP contribution in [0.15, 0.2) is 36.7 Å². The Labute approximate surface area is 193 Å². The van der Waals surface area contributed by atoms with Crippen molar-refractivity contribution in [1.82, 2.24) is 9.97 Å². The van der Waals surface area contributed by atoms with Crippen molar-refractivity contribution in [2.75, 3.05) is 6.61 Å². The van der Waals surface area contributed by atoms with Gasteiger partial charge in [0.25, 0.3) is 0 Å². The molecule has 5 nitrogen and oxygen atoms in total. The van der Waals surface area contributed by atoms with E-state index in [2.05, 4.69) is 16.9 Å². The summed E-state index contributed by atoms with van der Waals surface area (Å²) in [5.74, 6) is 2.35. The number of rotatable bonds is 13. The van der Waals surface area contributed by atoms with Gasteiger partial charge >= 0.3 is 5.97 Å². The van der Waals surface area contributed by atoms with E-state index in [0.717, 1.165) is 30.8 Å².